The number of hydrogen-bond donors (Lipinski definition) is 0. The van der Waals surface area contributed by atoms with Crippen LogP contribution in [-0.4, -0.2) is 50.0 Å². The Kier molecular flexibility index (Phi) is 6.73. The predicted octanol–water partition coefficient (Wildman–Crippen LogP) is 3.64. The first kappa shape index (κ1) is 22.3. The van der Waals surface area contributed by atoms with Gasteiger partial charge in [0.25, 0.3) is 5.91 Å². The summed E-state index contributed by atoms with van der Waals surface area (Å²) in [6.07, 6.45) is 1.76. The fraction of sp³-hybridized carbons (Fsp3) is 0.333. The summed E-state index contributed by atoms with van der Waals surface area (Å²) in [7, 11) is -1.88. The van der Waals surface area contributed by atoms with E-state index < -0.39 is 15.9 Å². The van der Waals surface area contributed by atoms with E-state index in [1.165, 1.54) is 39.9 Å². The number of sulfonamides is 1. The second-order valence-corrected chi connectivity index (χ2v) is 11.1. The van der Waals surface area contributed by atoms with E-state index in [1.807, 2.05) is 22.8 Å². The van der Waals surface area contributed by atoms with Gasteiger partial charge < -0.3 is 9.30 Å². The van der Waals surface area contributed by atoms with E-state index in [0.717, 1.165) is 27.5 Å². The zero-order chi connectivity index (χ0) is 22.0. The number of carbonyl (C=O) groups is 1. The molecule has 1 aromatic heterocycles. The zero-order valence-electron chi connectivity index (χ0n) is 17.0. The molecule has 10 heteroatoms. The molecular formula is C21H22BrN3O4S2. The van der Waals surface area contributed by atoms with E-state index in [9.17, 15) is 13.2 Å². The predicted molar refractivity (Wildman–Crippen MR) is 124 cm³/mol. The lowest BCUT2D eigenvalue weighted by atomic mass is 10.2. The number of nitrogens with zero attached hydrogens (tertiary/aromatic N) is 3. The van der Waals surface area contributed by atoms with Crippen molar-refractivity contribution in [3.05, 3.63) is 57.3 Å². The Balaban J connectivity index is 1.66. The highest BCUT2D eigenvalue weighted by atomic mass is 79.9. The number of thiazole rings is 1. The van der Waals surface area contributed by atoms with E-state index in [-0.39, 0.29) is 4.90 Å². The van der Waals surface area contributed by atoms with Gasteiger partial charge in [-0.25, -0.2) is 8.42 Å². The molecule has 2 heterocycles. The lowest BCUT2D eigenvalue weighted by molar-refractivity contribution is 0.0997. The molecule has 0 spiro atoms. The SMILES string of the molecule is COCCn1c(=NC(=O)c2ccc(S(=O)(=O)N3CCCC3)cc2)sc2cc(Br)ccc21. The average molecular weight is 524 g/mol. The number of hydrogen-bond acceptors (Lipinski definition) is 5. The number of aromatic nitrogens is 1. The molecule has 1 saturated heterocycles. The maximum absolute atomic E-state index is 12.8. The number of ether oxygens (including phenoxy) is 1. The number of methoxy groups -OCH3 is 1. The quantitative estimate of drug-likeness (QED) is 0.493. The number of fused-ring (bicyclic) bond motifs is 1. The molecular weight excluding hydrogens is 502 g/mol. The Morgan fingerprint density at radius 3 is 2.55 bits per heavy atom. The molecule has 0 N–H and O–H groups in total. The highest BCUT2D eigenvalue weighted by Crippen LogP contribution is 2.23. The summed E-state index contributed by atoms with van der Waals surface area (Å²) >= 11 is 4.90. The minimum atomic E-state index is -3.51. The van der Waals surface area contributed by atoms with Crippen LogP contribution in [-0.2, 0) is 21.3 Å². The van der Waals surface area contributed by atoms with Crippen molar-refractivity contribution in [3.8, 4) is 0 Å². The lowest BCUT2D eigenvalue weighted by Gasteiger charge is -2.15. The van der Waals surface area contributed by atoms with Gasteiger partial charge in [0, 0.05) is 36.8 Å². The Bertz CT molecular complexity index is 1270. The molecule has 1 fully saturated rings. The maximum atomic E-state index is 12.8. The molecule has 164 valence electrons. The molecule has 3 aromatic rings. The number of benzene rings is 2. The second kappa shape index (κ2) is 9.33. The third kappa shape index (κ3) is 4.68. The van der Waals surface area contributed by atoms with Crippen LogP contribution < -0.4 is 4.80 Å². The number of carbonyl (C=O) groups excluding carboxylic acids is 1. The van der Waals surface area contributed by atoms with Crippen molar-refractivity contribution in [2.75, 3.05) is 26.8 Å². The molecule has 0 bridgehead atoms. The smallest absolute Gasteiger partial charge is 0.279 e. The fourth-order valence-electron chi connectivity index (χ4n) is 3.53. The lowest BCUT2D eigenvalue weighted by Crippen LogP contribution is -2.27. The van der Waals surface area contributed by atoms with Gasteiger partial charge in [-0.15, -0.1) is 0 Å². The van der Waals surface area contributed by atoms with Crippen LogP contribution in [0.4, 0.5) is 0 Å². The molecule has 2 aromatic carbocycles. The Labute approximate surface area is 193 Å². The van der Waals surface area contributed by atoms with E-state index in [2.05, 4.69) is 20.9 Å². The normalized spacial score (nSPS) is 15.7. The summed E-state index contributed by atoms with van der Waals surface area (Å²) < 4.78 is 36.0. The summed E-state index contributed by atoms with van der Waals surface area (Å²) in [5.41, 5.74) is 1.32. The molecule has 1 aliphatic heterocycles. The van der Waals surface area contributed by atoms with Gasteiger partial charge >= 0.3 is 0 Å². The fourth-order valence-corrected chi connectivity index (χ4v) is 6.65. The van der Waals surface area contributed by atoms with Gasteiger partial charge in [0.2, 0.25) is 10.0 Å². The Morgan fingerprint density at radius 2 is 1.87 bits per heavy atom. The highest BCUT2D eigenvalue weighted by molar-refractivity contribution is 9.10. The molecule has 0 radical (unpaired) electrons. The standard InChI is InChI=1S/C21H22BrN3O4S2/c1-29-13-12-25-18-9-6-16(22)14-19(18)30-21(25)23-20(26)15-4-7-17(8-5-15)31(27,28)24-10-2-3-11-24/h4-9,14H,2-3,10-13H2,1H3. The molecule has 0 aliphatic carbocycles. The summed E-state index contributed by atoms with van der Waals surface area (Å²) in [5, 5.41) is 0. The minimum Gasteiger partial charge on any atom is -0.383 e. The van der Waals surface area contributed by atoms with Gasteiger partial charge in [0.1, 0.15) is 0 Å². The van der Waals surface area contributed by atoms with E-state index in [0.29, 0.717) is 36.6 Å². The van der Waals surface area contributed by atoms with Gasteiger partial charge in [-0.05, 0) is 55.3 Å². The summed E-state index contributed by atoms with van der Waals surface area (Å²) in [6.45, 7) is 2.15. The maximum Gasteiger partial charge on any atom is 0.279 e. The molecule has 7 nitrogen and oxygen atoms in total. The van der Waals surface area contributed by atoms with Crippen LogP contribution in [0.3, 0.4) is 0 Å². The first-order chi connectivity index (χ1) is 14.9. The van der Waals surface area contributed by atoms with Crippen LogP contribution in [0.1, 0.15) is 23.2 Å². The van der Waals surface area contributed by atoms with E-state index in [4.69, 9.17) is 4.74 Å². The van der Waals surface area contributed by atoms with Crippen LogP contribution in [0.15, 0.2) is 56.8 Å². The van der Waals surface area contributed by atoms with Crippen LogP contribution in [0.5, 0.6) is 0 Å². The zero-order valence-corrected chi connectivity index (χ0v) is 20.2. The van der Waals surface area contributed by atoms with Crippen LogP contribution in [0.25, 0.3) is 10.2 Å². The summed E-state index contributed by atoms with van der Waals surface area (Å²) in [4.78, 5) is 17.9. The van der Waals surface area contributed by atoms with Crippen LogP contribution in [0.2, 0.25) is 0 Å². The number of halogens is 1. The average Bonchev–Trinajstić information content (AvgIpc) is 3.41. The topological polar surface area (TPSA) is 81.0 Å². The second-order valence-electron chi connectivity index (χ2n) is 7.19. The van der Waals surface area contributed by atoms with Gasteiger partial charge in [0.15, 0.2) is 4.80 Å². The van der Waals surface area contributed by atoms with E-state index >= 15 is 0 Å². The highest BCUT2D eigenvalue weighted by Gasteiger charge is 2.27. The molecule has 4 rings (SSSR count). The van der Waals surface area contributed by atoms with Crippen LogP contribution in [0, 0.1) is 0 Å². The molecule has 0 saturated carbocycles. The van der Waals surface area contributed by atoms with E-state index in [1.54, 1.807) is 7.11 Å². The number of rotatable bonds is 6. The molecule has 0 atom stereocenters. The van der Waals surface area contributed by atoms with Crippen molar-refractivity contribution in [3.63, 3.8) is 0 Å². The van der Waals surface area contributed by atoms with Crippen molar-refractivity contribution in [1.29, 1.82) is 0 Å². The van der Waals surface area contributed by atoms with Gasteiger partial charge in [0.05, 0.1) is 21.7 Å². The van der Waals surface area contributed by atoms with Crippen molar-refractivity contribution in [1.82, 2.24) is 8.87 Å². The number of amides is 1. The van der Waals surface area contributed by atoms with Gasteiger partial charge in [-0.3, -0.25) is 4.79 Å². The summed E-state index contributed by atoms with van der Waals surface area (Å²) in [5.74, 6) is -0.415. The Hall–Kier alpha value is -1.85. The monoisotopic (exact) mass is 523 g/mol. The van der Waals surface area contributed by atoms with Gasteiger partial charge in [-0.2, -0.15) is 9.30 Å². The molecule has 1 amide bonds. The Morgan fingerprint density at radius 1 is 1.16 bits per heavy atom. The van der Waals surface area contributed by atoms with Crippen molar-refractivity contribution < 1.29 is 17.9 Å². The van der Waals surface area contributed by atoms with Crippen molar-refractivity contribution >= 4 is 53.4 Å². The summed E-state index contributed by atoms with van der Waals surface area (Å²) in [6, 6.07) is 11.9. The molecule has 31 heavy (non-hydrogen) atoms. The first-order valence-electron chi connectivity index (χ1n) is 9.87. The van der Waals surface area contributed by atoms with Gasteiger partial charge in [-0.1, -0.05) is 27.3 Å². The van der Waals surface area contributed by atoms with Crippen LogP contribution >= 0.6 is 27.3 Å². The van der Waals surface area contributed by atoms with Crippen molar-refractivity contribution in [2.24, 2.45) is 4.99 Å². The third-order valence-electron chi connectivity index (χ3n) is 5.17. The first-order valence-corrected chi connectivity index (χ1v) is 12.9. The minimum absolute atomic E-state index is 0.202. The molecule has 0 unspecified atom stereocenters. The largest absolute Gasteiger partial charge is 0.383 e. The molecule has 1 aliphatic rings. The van der Waals surface area contributed by atoms with Crippen molar-refractivity contribution in [2.45, 2.75) is 24.3 Å². The third-order valence-corrected chi connectivity index (χ3v) is 8.61.